The smallest absolute Gasteiger partial charge is 0.287 e. The molecule has 1 atom stereocenters. The molecule has 0 spiro atoms. The van der Waals surface area contributed by atoms with Crippen molar-refractivity contribution in [2.45, 2.75) is 26.0 Å². The van der Waals surface area contributed by atoms with Gasteiger partial charge in [-0.2, -0.15) is 0 Å². The zero-order valence-electron chi connectivity index (χ0n) is 14.5. The van der Waals surface area contributed by atoms with Crippen LogP contribution in [-0.4, -0.2) is 18.5 Å². The van der Waals surface area contributed by atoms with Crippen molar-refractivity contribution >= 4 is 28.5 Å². The second-order valence-corrected chi connectivity index (χ2v) is 6.55. The fourth-order valence-corrected chi connectivity index (χ4v) is 2.82. The van der Waals surface area contributed by atoms with Crippen LogP contribution in [0.5, 0.6) is 5.75 Å². The van der Waals surface area contributed by atoms with E-state index >= 15 is 0 Å². The average molecular weight is 373 g/mol. The van der Waals surface area contributed by atoms with Gasteiger partial charge in [0.2, 0.25) is 0 Å². The summed E-state index contributed by atoms with van der Waals surface area (Å²) in [4.78, 5) is 12.6. The van der Waals surface area contributed by atoms with E-state index in [1.54, 1.807) is 12.1 Å². The molecule has 3 N–H and O–H groups in total. The second-order valence-electron chi connectivity index (χ2n) is 6.15. The van der Waals surface area contributed by atoms with Crippen LogP contribution in [0.2, 0.25) is 5.02 Å². The van der Waals surface area contributed by atoms with Gasteiger partial charge in [-0.25, -0.2) is 0 Å². The number of hydrogen-bond acceptors (Lipinski definition) is 4. The number of carbonyl (C=O) groups is 1. The quantitative estimate of drug-likeness (QED) is 0.653. The number of nitrogens with one attached hydrogen (secondary N) is 1. The SMILES string of the molecule is CC(N)CCNC(=O)c1oc2ccccc2c1COc1ccccc1Cl. The number of ether oxygens (including phenoxy) is 1. The first kappa shape index (κ1) is 18.3. The summed E-state index contributed by atoms with van der Waals surface area (Å²) >= 11 is 6.14. The molecule has 26 heavy (non-hydrogen) atoms. The standard InChI is InChI=1S/C20H21ClN2O3/c1-13(22)10-11-23-20(24)19-15(14-6-2-4-8-17(14)26-19)12-25-18-9-5-3-7-16(18)21/h2-9,13H,10-12,22H2,1H3,(H,23,24). The van der Waals surface area contributed by atoms with Gasteiger partial charge in [0.1, 0.15) is 17.9 Å². The summed E-state index contributed by atoms with van der Waals surface area (Å²) < 4.78 is 11.6. The predicted octanol–water partition coefficient (Wildman–Crippen LogP) is 4.13. The molecule has 2 aromatic carbocycles. The fourth-order valence-electron chi connectivity index (χ4n) is 2.63. The van der Waals surface area contributed by atoms with Gasteiger partial charge in [-0.15, -0.1) is 0 Å². The third-order valence-electron chi connectivity index (χ3n) is 4.00. The average Bonchev–Trinajstić information content (AvgIpc) is 2.99. The van der Waals surface area contributed by atoms with Crippen LogP contribution in [0.3, 0.4) is 0 Å². The van der Waals surface area contributed by atoms with Crippen LogP contribution in [-0.2, 0) is 6.61 Å². The van der Waals surface area contributed by atoms with Crippen molar-refractivity contribution in [3.8, 4) is 5.75 Å². The van der Waals surface area contributed by atoms with E-state index in [1.165, 1.54) is 0 Å². The maximum atomic E-state index is 12.6. The topological polar surface area (TPSA) is 77.5 Å². The first-order valence-electron chi connectivity index (χ1n) is 8.47. The lowest BCUT2D eigenvalue weighted by atomic mass is 10.1. The fraction of sp³-hybridized carbons (Fsp3) is 0.250. The predicted molar refractivity (Wildman–Crippen MR) is 103 cm³/mol. The van der Waals surface area contributed by atoms with Gasteiger partial charge in [-0.1, -0.05) is 41.9 Å². The number of benzene rings is 2. The van der Waals surface area contributed by atoms with Crippen LogP contribution in [0.4, 0.5) is 0 Å². The van der Waals surface area contributed by atoms with Crippen LogP contribution in [0.15, 0.2) is 52.9 Å². The van der Waals surface area contributed by atoms with Crippen molar-refractivity contribution < 1.29 is 13.9 Å². The summed E-state index contributed by atoms with van der Waals surface area (Å²) in [7, 11) is 0. The first-order chi connectivity index (χ1) is 12.6. The van der Waals surface area contributed by atoms with Gasteiger partial charge in [0, 0.05) is 23.5 Å². The Kier molecular flexibility index (Phi) is 5.81. The van der Waals surface area contributed by atoms with Crippen molar-refractivity contribution in [3.63, 3.8) is 0 Å². The molecule has 1 heterocycles. The molecule has 0 radical (unpaired) electrons. The number of carbonyl (C=O) groups excluding carboxylic acids is 1. The van der Waals surface area contributed by atoms with E-state index in [9.17, 15) is 4.79 Å². The van der Waals surface area contributed by atoms with Gasteiger partial charge in [-0.05, 0) is 31.5 Å². The number of rotatable bonds is 7. The van der Waals surface area contributed by atoms with Gasteiger partial charge >= 0.3 is 0 Å². The molecule has 1 aromatic heterocycles. The van der Waals surface area contributed by atoms with Gasteiger partial charge in [0.05, 0.1) is 5.02 Å². The van der Waals surface area contributed by atoms with Crippen LogP contribution >= 0.6 is 11.6 Å². The monoisotopic (exact) mass is 372 g/mol. The first-order valence-corrected chi connectivity index (χ1v) is 8.85. The van der Waals surface area contributed by atoms with E-state index in [1.807, 2.05) is 43.3 Å². The van der Waals surface area contributed by atoms with Gasteiger partial charge < -0.3 is 20.2 Å². The minimum absolute atomic E-state index is 0.0222. The van der Waals surface area contributed by atoms with Crippen molar-refractivity contribution in [3.05, 3.63) is 64.9 Å². The number of amides is 1. The molecule has 0 saturated carbocycles. The maximum absolute atomic E-state index is 12.6. The number of fused-ring (bicyclic) bond motifs is 1. The van der Waals surface area contributed by atoms with Crippen LogP contribution in [0.1, 0.15) is 29.5 Å². The zero-order chi connectivity index (χ0) is 18.5. The Morgan fingerprint density at radius 3 is 2.73 bits per heavy atom. The molecule has 3 aromatic rings. The molecule has 0 bridgehead atoms. The van der Waals surface area contributed by atoms with Gasteiger partial charge in [0.15, 0.2) is 5.76 Å². The molecule has 5 nitrogen and oxygen atoms in total. The highest BCUT2D eigenvalue weighted by atomic mass is 35.5. The Morgan fingerprint density at radius 1 is 1.23 bits per heavy atom. The lowest BCUT2D eigenvalue weighted by Gasteiger charge is -2.09. The Hall–Kier alpha value is -2.50. The van der Waals surface area contributed by atoms with Gasteiger partial charge in [-0.3, -0.25) is 4.79 Å². The number of hydrogen-bond donors (Lipinski definition) is 2. The largest absolute Gasteiger partial charge is 0.487 e. The zero-order valence-corrected chi connectivity index (χ0v) is 15.3. The van der Waals surface area contributed by atoms with E-state index < -0.39 is 0 Å². The van der Waals surface area contributed by atoms with Crippen molar-refractivity contribution in [1.29, 1.82) is 0 Å². The molecule has 1 unspecified atom stereocenters. The third-order valence-corrected chi connectivity index (χ3v) is 4.31. The number of para-hydroxylation sites is 2. The minimum Gasteiger partial charge on any atom is -0.487 e. The molecule has 1 amide bonds. The number of halogens is 1. The van der Waals surface area contributed by atoms with Crippen molar-refractivity contribution in [1.82, 2.24) is 5.32 Å². The molecule has 0 aliphatic carbocycles. The van der Waals surface area contributed by atoms with Crippen molar-refractivity contribution in [2.24, 2.45) is 5.73 Å². The minimum atomic E-state index is -0.278. The lowest BCUT2D eigenvalue weighted by Crippen LogP contribution is -2.29. The molecule has 6 heteroatoms. The highest BCUT2D eigenvalue weighted by Gasteiger charge is 2.21. The Balaban J connectivity index is 1.85. The molecular weight excluding hydrogens is 352 g/mol. The Bertz CT molecular complexity index is 905. The van der Waals surface area contributed by atoms with Crippen LogP contribution in [0, 0.1) is 0 Å². The van der Waals surface area contributed by atoms with E-state index in [2.05, 4.69) is 5.32 Å². The highest BCUT2D eigenvalue weighted by molar-refractivity contribution is 6.32. The summed E-state index contributed by atoms with van der Waals surface area (Å²) in [5.41, 5.74) is 7.06. The Labute approximate surface area is 157 Å². The summed E-state index contributed by atoms with van der Waals surface area (Å²) in [6.45, 7) is 2.56. The van der Waals surface area contributed by atoms with Crippen molar-refractivity contribution in [2.75, 3.05) is 6.54 Å². The van der Waals surface area contributed by atoms with Crippen LogP contribution in [0.25, 0.3) is 11.0 Å². The molecule has 0 aliphatic rings. The summed E-state index contributed by atoms with van der Waals surface area (Å²) in [5, 5.41) is 4.21. The lowest BCUT2D eigenvalue weighted by molar-refractivity contribution is 0.0924. The highest BCUT2D eigenvalue weighted by Crippen LogP contribution is 2.29. The molecule has 3 rings (SSSR count). The van der Waals surface area contributed by atoms with E-state index in [0.717, 1.165) is 5.39 Å². The van der Waals surface area contributed by atoms with E-state index in [-0.39, 0.29) is 24.3 Å². The van der Waals surface area contributed by atoms with Crippen LogP contribution < -0.4 is 15.8 Å². The third kappa shape index (κ3) is 4.18. The number of nitrogens with two attached hydrogens (primary N) is 1. The number of furan rings is 1. The maximum Gasteiger partial charge on any atom is 0.287 e. The molecular formula is C20H21ClN2O3. The second kappa shape index (κ2) is 8.25. The van der Waals surface area contributed by atoms with E-state index in [4.69, 9.17) is 26.5 Å². The summed E-state index contributed by atoms with van der Waals surface area (Å²) in [6, 6.07) is 14.7. The molecule has 136 valence electrons. The molecule has 0 saturated heterocycles. The normalized spacial score (nSPS) is 12.1. The summed E-state index contributed by atoms with van der Waals surface area (Å²) in [6.07, 6.45) is 0.692. The van der Waals surface area contributed by atoms with Gasteiger partial charge in [0.25, 0.3) is 5.91 Å². The van der Waals surface area contributed by atoms with E-state index in [0.29, 0.717) is 34.9 Å². The molecule has 0 aliphatic heterocycles. The summed E-state index contributed by atoms with van der Waals surface area (Å²) in [5.74, 6) is 0.533. The Morgan fingerprint density at radius 2 is 1.96 bits per heavy atom. The molecule has 0 fully saturated rings.